The first kappa shape index (κ1) is 15.0. The van der Waals surface area contributed by atoms with Crippen molar-refractivity contribution in [3.63, 3.8) is 0 Å². The Balaban J connectivity index is 1.92. The number of halogens is 3. The van der Waals surface area contributed by atoms with Crippen molar-refractivity contribution in [1.29, 1.82) is 0 Å². The van der Waals surface area contributed by atoms with Gasteiger partial charge in [0.2, 0.25) is 5.92 Å². The Morgan fingerprint density at radius 3 is 2.63 bits per heavy atom. The summed E-state index contributed by atoms with van der Waals surface area (Å²) < 4.78 is 26.8. The first-order valence-electron chi connectivity index (χ1n) is 7.05. The molecule has 0 radical (unpaired) electrons. The predicted octanol–water partition coefficient (Wildman–Crippen LogP) is 5.97. The Hall–Kier alpha value is -0.440. The van der Waals surface area contributed by atoms with E-state index in [1.165, 1.54) is 5.56 Å². The van der Waals surface area contributed by atoms with Crippen LogP contribution in [0.1, 0.15) is 49.4 Å². The lowest BCUT2D eigenvalue weighted by Gasteiger charge is -2.31. The Kier molecular flexibility index (Phi) is 4.99. The van der Waals surface area contributed by atoms with Crippen molar-refractivity contribution in [2.24, 2.45) is 11.8 Å². The summed E-state index contributed by atoms with van der Waals surface area (Å²) in [6, 6.07) is 10.2. The zero-order valence-corrected chi connectivity index (χ0v) is 12.9. The molecule has 3 heteroatoms. The highest BCUT2D eigenvalue weighted by atomic mass is 79.9. The molecule has 1 aromatic rings. The molecule has 1 fully saturated rings. The molecule has 3 atom stereocenters. The molecule has 0 aliphatic heterocycles. The molecule has 0 spiro atoms. The number of rotatable bonds is 4. The summed E-state index contributed by atoms with van der Waals surface area (Å²) in [5, 5.41) is 0. The van der Waals surface area contributed by atoms with E-state index in [0.717, 1.165) is 12.8 Å². The molecular weight excluding hydrogens is 310 g/mol. The molecule has 1 aliphatic rings. The molecule has 19 heavy (non-hydrogen) atoms. The van der Waals surface area contributed by atoms with Crippen LogP contribution in [0.4, 0.5) is 8.78 Å². The van der Waals surface area contributed by atoms with Gasteiger partial charge in [-0.15, -0.1) is 0 Å². The molecule has 2 rings (SSSR count). The Morgan fingerprint density at radius 1 is 1.32 bits per heavy atom. The second kappa shape index (κ2) is 6.34. The van der Waals surface area contributed by atoms with Crippen LogP contribution in [0.2, 0.25) is 0 Å². The van der Waals surface area contributed by atoms with E-state index in [4.69, 9.17) is 0 Å². The van der Waals surface area contributed by atoms with Crippen molar-refractivity contribution in [2.45, 2.75) is 49.8 Å². The largest absolute Gasteiger partial charge is 0.248 e. The number of benzene rings is 1. The van der Waals surface area contributed by atoms with Gasteiger partial charge < -0.3 is 0 Å². The van der Waals surface area contributed by atoms with Gasteiger partial charge in [-0.3, -0.25) is 0 Å². The Bertz CT molecular complexity index is 391. The minimum Gasteiger partial charge on any atom is -0.207 e. The Morgan fingerprint density at radius 2 is 2.00 bits per heavy atom. The van der Waals surface area contributed by atoms with Crippen LogP contribution < -0.4 is 0 Å². The first-order valence-corrected chi connectivity index (χ1v) is 7.96. The van der Waals surface area contributed by atoms with Gasteiger partial charge in [0.05, 0.1) is 0 Å². The summed E-state index contributed by atoms with van der Waals surface area (Å²) in [7, 11) is 0. The molecule has 0 nitrogen and oxygen atoms in total. The van der Waals surface area contributed by atoms with Crippen molar-refractivity contribution in [2.75, 3.05) is 0 Å². The van der Waals surface area contributed by atoms with Gasteiger partial charge in [-0.1, -0.05) is 59.6 Å². The monoisotopic (exact) mass is 330 g/mol. The zero-order valence-electron chi connectivity index (χ0n) is 11.3. The molecule has 1 aromatic carbocycles. The average molecular weight is 331 g/mol. The van der Waals surface area contributed by atoms with Crippen LogP contribution in [0.15, 0.2) is 30.3 Å². The molecule has 0 N–H and O–H groups in total. The first-order chi connectivity index (χ1) is 8.98. The van der Waals surface area contributed by atoms with Crippen LogP contribution in [-0.4, -0.2) is 5.92 Å². The third-order valence-electron chi connectivity index (χ3n) is 4.06. The fourth-order valence-corrected chi connectivity index (χ4v) is 3.61. The number of hydrogen-bond acceptors (Lipinski definition) is 0. The van der Waals surface area contributed by atoms with E-state index < -0.39 is 5.92 Å². The van der Waals surface area contributed by atoms with Crippen LogP contribution in [0.3, 0.4) is 0 Å². The lowest BCUT2D eigenvalue weighted by atomic mass is 9.80. The van der Waals surface area contributed by atoms with Crippen molar-refractivity contribution in [3.8, 4) is 0 Å². The molecule has 3 unspecified atom stereocenters. The van der Waals surface area contributed by atoms with Crippen LogP contribution in [0.5, 0.6) is 0 Å². The predicted molar refractivity (Wildman–Crippen MR) is 78.8 cm³/mol. The molecular formula is C16H21BrF2. The van der Waals surface area contributed by atoms with Crippen molar-refractivity contribution >= 4 is 15.9 Å². The lowest BCUT2D eigenvalue weighted by molar-refractivity contribution is -0.0553. The van der Waals surface area contributed by atoms with E-state index in [1.54, 1.807) is 0 Å². The van der Waals surface area contributed by atoms with E-state index in [0.29, 0.717) is 12.3 Å². The maximum absolute atomic E-state index is 13.4. The van der Waals surface area contributed by atoms with Crippen LogP contribution in [0.25, 0.3) is 0 Å². The fraction of sp³-hybridized carbons (Fsp3) is 0.625. The summed E-state index contributed by atoms with van der Waals surface area (Å²) in [5.74, 6) is -1.89. The minimum absolute atomic E-state index is 0.0752. The molecule has 106 valence electrons. The summed E-state index contributed by atoms with van der Waals surface area (Å²) in [4.78, 5) is 0.254. The molecule has 1 saturated carbocycles. The molecule has 0 heterocycles. The maximum Gasteiger partial charge on any atom is 0.248 e. The molecule has 0 bridgehead atoms. The van der Waals surface area contributed by atoms with Gasteiger partial charge in [-0.2, -0.15) is 0 Å². The van der Waals surface area contributed by atoms with Gasteiger partial charge in [0.1, 0.15) is 0 Å². The van der Waals surface area contributed by atoms with Gasteiger partial charge in [-0.05, 0) is 30.2 Å². The molecule has 0 saturated heterocycles. The highest BCUT2D eigenvalue weighted by Crippen LogP contribution is 2.42. The smallest absolute Gasteiger partial charge is 0.207 e. The minimum atomic E-state index is -2.43. The summed E-state index contributed by atoms with van der Waals surface area (Å²) >= 11 is 3.72. The van der Waals surface area contributed by atoms with Crippen LogP contribution >= 0.6 is 15.9 Å². The van der Waals surface area contributed by atoms with Crippen LogP contribution in [0, 0.1) is 11.8 Å². The standard InChI is InChI=1S/C16H21BrF2/c1-12(15(17)14-7-3-2-4-8-14)10-13-6-5-9-16(18,19)11-13/h2-4,7-8,12-13,15H,5-6,9-11H2,1H3. The Labute approximate surface area is 122 Å². The summed E-state index contributed by atoms with van der Waals surface area (Å²) in [6.45, 7) is 2.15. The van der Waals surface area contributed by atoms with E-state index in [-0.39, 0.29) is 23.6 Å². The van der Waals surface area contributed by atoms with Gasteiger partial charge in [0.15, 0.2) is 0 Å². The summed E-state index contributed by atoms with van der Waals surface area (Å²) in [5.41, 5.74) is 1.23. The zero-order chi connectivity index (χ0) is 13.9. The molecule has 0 aromatic heterocycles. The fourth-order valence-electron chi connectivity index (χ4n) is 3.09. The summed E-state index contributed by atoms with van der Waals surface area (Å²) in [6.07, 6.45) is 2.65. The molecule has 0 amide bonds. The second-order valence-electron chi connectivity index (χ2n) is 5.84. The highest BCUT2D eigenvalue weighted by Gasteiger charge is 2.37. The second-order valence-corrected chi connectivity index (χ2v) is 6.83. The average Bonchev–Trinajstić information content (AvgIpc) is 2.37. The van der Waals surface area contributed by atoms with Gasteiger partial charge in [0.25, 0.3) is 0 Å². The SMILES string of the molecule is CC(CC1CCCC(F)(F)C1)C(Br)c1ccccc1. The topological polar surface area (TPSA) is 0 Å². The third-order valence-corrected chi connectivity index (χ3v) is 5.50. The van der Waals surface area contributed by atoms with Gasteiger partial charge in [0, 0.05) is 17.7 Å². The van der Waals surface area contributed by atoms with E-state index in [9.17, 15) is 8.78 Å². The quantitative estimate of drug-likeness (QED) is 0.596. The van der Waals surface area contributed by atoms with Crippen molar-refractivity contribution in [3.05, 3.63) is 35.9 Å². The van der Waals surface area contributed by atoms with E-state index in [2.05, 4.69) is 35.0 Å². The highest BCUT2D eigenvalue weighted by molar-refractivity contribution is 9.09. The van der Waals surface area contributed by atoms with Gasteiger partial charge >= 0.3 is 0 Å². The lowest BCUT2D eigenvalue weighted by Crippen LogP contribution is -2.27. The van der Waals surface area contributed by atoms with E-state index in [1.807, 2.05) is 18.2 Å². The number of alkyl halides is 3. The van der Waals surface area contributed by atoms with E-state index >= 15 is 0 Å². The van der Waals surface area contributed by atoms with Gasteiger partial charge in [-0.25, -0.2) is 8.78 Å². The van der Waals surface area contributed by atoms with Crippen molar-refractivity contribution in [1.82, 2.24) is 0 Å². The maximum atomic E-state index is 13.4. The van der Waals surface area contributed by atoms with Crippen LogP contribution in [-0.2, 0) is 0 Å². The van der Waals surface area contributed by atoms with Crippen molar-refractivity contribution < 1.29 is 8.78 Å². The third kappa shape index (κ3) is 4.27. The number of hydrogen-bond donors (Lipinski definition) is 0. The normalized spacial score (nSPS) is 25.8. The molecule has 1 aliphatic carbocycles.